The Morgan fingerprint density at radius 3 is 2.54 bits per heavy atom. The van der Waals surface area contributed by atoms with E-state index in [9.17, 15) is 13.2 Å². The Morgan fingerprint density at radius 1 is 1.25 bits per heavy atom. The predicted molar refractivity (Wildman–Crippen MR) is 116 cm³/mol. The summed E-state index contributed by atoms with van der Waals surface area (Å²) in [5.74, 6) is 2.01. The van der Waals surface area contributed by atoms with Gasteiger partial charge >= 0.3 is 6.18 Å². The standard InChI is InChI=1S/C18H29F3N4O2.HI/c1-14(27-16-8-5-7-15(11-16)26-4)12-24-17(22-2)23-9-6-10-25(3)13-18(19,20)21;/h5,7-8,11,14H,6,9-10,12-13H2,1-4H3,(H2,22,23,24);1H. The number of nitrogens with one attached hydrogen (secondary N) is 2. The average molecular weight is 518 g/mol. The molecule has 1 atom stereocenters. The lowest BCUT2D eigenvalue weighted by Crippen LogP contribution is -2.42. The summed E-state index contributed by atoms with van der Waals surface area (Å²) in [5.41, 5.74) is 0. The molecule has 1 aromatic carbocycles. The molecule has 10 heteroatoms. The maximum atomic E-state index is 12.3. The van der Waals surface area contributed by atoms with E-state index in [4.69, 9.17) is 9.47 Å². The van der Waals surface area contributed by atoms with Crippen LogP contribution in [0.4, 0.5) is 13.2 Å². The molecule has 1 unspecified atom stereocenters. The highest BCUT2D eigenvalue weighted by Crippen LogP contribution is 2.19. The van der Waals surface area contributed by atoms with E-state index in [0.29, 0.717) is 37.8 Å². The van der Waals surface area contributed by atoms with Crippen LogP contribution in [0.15, 0.2) is 29.3 Å². The van der Waals surface area contributed by atoms with Crippen LogP contribution in [0.3, 0.4) is 0 Å². The van der Waals surface area contributed by atoms with Gasteiger partial charge in [-0.2, -0.15) is 13.2 Å². The molecule has 6 nitrogen and oxygen atoms in total. The summed E-state index contributed by atoms with van der Waals surface area (Å²) in [6.45, 7) is 2.40. The van der Waals surface area contributed by atoms with Crippen LogP contribution in [0, 0.1) is 0 Å². The molecule has 0 aliphatic heterocycles. The van der Waals surface area contributed by atoms with Crippen LogP contribution >= 0.6 is 24.0 Å². The summed E-state index contributed by atoms with van der Waals surface area (Å²) in [6, 6.07) is 7.35. The molecule has 0 fully saturated rings. The van der Waals surface area contributed by atoms with Gasteiger partial charge in [-0.05, 0) is 39.1 Å². The number of aliphatic imine (C=N–C) groups is 1. The number of methoxy groups -OCH3 is 1. The number of nitrogens with zero attached hydrogens (tertiary/aromatic N) is 2. The lowest BCUT2D eigenvalue weighted by molar-refractivity contribution is -0.143. The van der Waals surface area contributed by atoms with Crippen molar-refractivity contribution in [3.8, 4) is 11.5 Å². The fourth-order valence-electron chi connectivity index (χ4n) is 2.35. The van der Waals surface area contributed by atoms with Crippen LogP contribution in [-0.4, -0.2) is 70.5 Å². The average Bonchev–Trinajstić information content (AvgIpc) is 2.59. The summed E-state index contributed by atoms with van der Waals surface area (Å²) < 4.78 is 47.8. The van der Waals surface area contributed by atoms with Crippen molar-refractivity contribution in [1.29, 1.82) is 0 Å². The zero-order valence-corrected chi connectivity index (χ0v) is 19.0. The largest absolute Gasteiger partial charge is 0.497 e. The molecule has 0 saturated heterocycles. The van der Waals surface area contributed by atoms with Gasteiger partial charge in [-0.1, -0.05) is 6.07 Å². The molecule has 0 aliphatic carbocycles. The third kappa shape index (κ3) is 12.1. The van der Waals surface area contributed by atoms with Crippen molar-refractivity contribution < 1.29 is 22.6 Å². The Hall–Kier alpha value is -1.43. The van der Waals surface area contributed by atoms with Gasteiger partial charge in [-0.25, -0.2) is 0 Å². The van der Waals surface area contributed by atoms with Gasteiger partial charge in [0.15, 0.2) is 5.96 Å². The molecule has 0 amide bonds. The number of hydrogen-bond acceptors (Lipinski definition) is 4. The molecule has 1 rings (SSSR count). The van der Waals surface area contributed by atoms with E-state index in [2.05, 4.69) is 15.6 Å². The minimum atomic E-state index is -4.17. The Labute approximate surface area is 181 Å². The van der Waals surface area contributed by atoms with Gasteiger partial charge in [0, 0.05) is 19.7 Å². The molecule has 0 spiro atoms. The van der Waals surface area contributed by atoms with Crippen molar-refractivity contribution in [3.05, 3.63) is 24.3 Å². The minimum Gasteiger partial charge on any atom is -0.497 e. The number of alkyl halides is 3. The van der Waals surface area contributed by atoms with Gasteiger partial charge in [-0.15, -0.1) is 24.0 Å². The van der Waals surface area contributed by atoms with E-state index in [1.807, 2.05) is 25.1 Å². The van der Waals surface area contributed by atoms with Crippen LogP contribution in [0.1, 0.15) is 13.3 Å². The number of hydrogen-bond donors (Lipinski definition) is 2. The van der Waals surface area contributed by atoms with E-state index >= 15 is 0 Å². The molecule has 0 aliphatic rings. The molecular formula is C18H30F3IN4O2. The normalized spacial score (nSPS) is 12.9. The van der Waals surface area contributed by atoms with Crippen molar-refractivity contribution in [3.63, 3.8) is 0 Å². The van der Waals surface area contributed by atoms with Gasteiger partial charge in [0.25, 0.3) is 0 Å². The molecule has 0 bridgehead atoms. The van der Waals surface area contributed by atoms with Crippen LogP contribution in [0.2, 0.25) is 0 Å². The van der Waals surface area contributed by atoms with Crippen molar-refractivity contribution >= 4 is 29.9 Å². The van der Waals surface area contributed by atoms with Crippen LogP contribution in [-0.2, 0) is 0 Å². The molecule has 0 radical (unpaired) electrons. The van der Waals surface area contributed by atoms with Crippen molar-refractivity contribution in [2.45, 2.75) is 25.6 Å². The van der Waals surface area contributed by atoms with E-state index in [1.54, 1.807) is 20.2 Å². The van der Waals surface area contributed by atoms with Crippen LogP contribution in [0.25, 0.3) is 0 Å². The predicted octanol–water partition coefficient (Wildman–Crippen LogP) is 3.13. The highest BCUT2D eigenvalue weighted by atomic mass is 127. The Balaban J connectivity index is 0.00000729. The topological polar surface area (TPSA) is 58.1 Å². The maximum Gasteiger partial charge on any atom is 0.401 e. The molecular weight excluding hydrogens is 488 g/mol. The Bertz CT molecular complexity index is 588. The lowest BCUT2D eigenvalue weighted by Gasteiger charge is -2.20. The first-order valence-electron chi connectivity index (χ1n) is 8.74. The van der Waals surface area contributed by atoms with Crippen molar-refractivity contribution in [2.75, 3.05) is 47.4 Å². The van der Waals surface area contributed by atoms with E-state index in [1.165, 1.54) is 11.9 Å². The molecule has 1 aromatic rings. The quantitative estimate of drug-likeness (QED) is 0.216. The van der Waals surface area contributed by atoms with Crippen LogP contribution < -0.4 is 20.1 Å². The molecule has 0 heterocycles. The Morgan fingerprint density at radius 2 is 1.93 bits per heavy atom. The van der Waals surface area contributed by atoms with Crippen molar-refractivity contribution in [2.24, 2.45) is 4.99 Å². The molecule has 0 saturated carbocycles. The molecule has 0 aromatic heterocycles. The van der Waals surface area contributed by atoms with E-state index in [-0.39, 0.29) is 30.1 Å². The fourth-order valence-corrected chi connectivity index (χ4v) is 2.35. The monoisotopic (exact) mass is 518 g/mol. The highest BCUT2D eigenvalue weighted by molar-refractivity contribution is 14.0. The third-order valence-electron chi connectivity index (χ3n) is 3.62. The summed E-state index contributed by atoms with van der Waals surface area (Å²) in [7, 11) is 4.69. The number of rotatable bonds is 10. The summed E-state index contributed by atoms with van der Waals surface area (Å²) >= 11 is 0. The fraction of sp³-hybridized carbons (Fsp3) is 0.611. The smallest absolute Gasteiger partial charge is 0.401 e. The minimum absolute atomic E-state index is 0. The zero-order chi connectivity index (χ0) is 20.3. The van der Waals surface area contributed by atoms with Crippen LogP contribution in [0.5, 0.6) is 11.5 Å². The molecule has 162 valence electrons. The second kappa shape index (κ2) is 13.7. The van der Waals surface area contributed by atoms with Gasteiger partial charge < -0.3 is 20.1 Å². The number of ether oxygens (including phenoxy) is 2. The number of benzene rings is 1. The molecule has 2 N–H and O–H groups in total. The second-order valence-corrected chi connectivity index (χ2v) is 6.19. The van der Waals surface area contributed by atoms with Crippen molar-refractivity contribution in [1.82, 2.24) is 15.5 Å². The Kier molecular flexibility index (Phi) is 13.0. The van der Waals surface area contributed by atoms with Gasteiger partial charge in [0.05, 0.1) is 20.2 Å². The first-order valence-corrected chi connectivity index (χ1v) is 8.74. The molecule has 28 heavy (non-hydrogen) atoms. The second-order valence-electron chi connectivity index (χ2n) is 6.19. The highest BCUT2D eigenvalue weighted by Gasteiger charge is 2.28. The lowest BCUT2D eigenvalue weighted by atomic mass is 10.3. The first kappa shape index (κ1) is 26.6. The van der Waals surface area contributed by atoms with E-state index < -0.39 is 12.7 Å². The third-order valence-corrected chi connectivity index (χ3v) is 3.62. The summed E-state index contributed by atoms with van der Waals surface area (Å²) in [6.07, 6.45) is -3.71. The van der Waals surface area contributed by atoms with Gasteiger partial charge in [0.2, 0.25) is 0 Å². The SMILES string of the molecule is CN=C(NCCCN(C)CC(F)(F)F)NCC(C)Oc1cccc(OC)c1.I. The van der Waals surface area contributed by atoms with Gasteiger partial charge in [0.1, 0.15) is 17.6 Å². The maximum absolute atomic E-state index is 12.3. The number of halogens is 4. The first-order chi connectivity index (χ1) is 12.7. The zero-order valence-electron chi connectivity index (χ0n) is 16.7. The number of guanidine groups is 1. The summed E-state index contributed by atoms with van der Waals surface area (Å²) in [4.78, 5) is 5.35. The summed E-state index contributed by atoms with van der Waals surface area (Å²) in [5, 5.41) is 6.21. The van der Waals surface area contributed by atoms with E-state index in [0.717, 1.165) is 5.75 Å². The van der Waals surface area contributed by atoms with Gasteiger partial charge in [-0.3, -0.25) is 9.89 Å².